The number of carbonyl (C=O) groups is 2. The molecule has 1 amide bonds. The topological polar surface area (TPSA) is 88.5 Å². The van der Waals surface area contributed by atoms with E-state index < -0.39 is 5.97 Å². The van der Waals surface area contributed by atoms with E-state index in [0.717, 1.165) is 11.1 Å². The van der Waals surface area contributed by atoms with Crippen LogP contribution in [0.2, 0.25) is 0 Å². The Labute approximate surface area is 162 Å². The third-order valence-corrected chi connectivity index (χ3v) is 4.09. The molecule has 0 spiro atoms. The van der Waals surface area contributed by atoms with E-state index in [1.165, 1.54) is 0 Å². The normalized spacial score (nSPS) is 10.3. The van der Waals surface area contributed by atoms with Gasteiger partial charge in [0.15, 0.2) is 0 Å². The highest BCUT2D eigenvalue weighted by atomic mass is 16.5. The van der Waals surface area contributed by atoms with Gasteiger partial charge in [-0.2, -0.15) is 0 Å². The van der Waals surface area contributed by atoms with Crippen molar-refractivity contribution in [3.05, 3.63) is 89.7 Å². The van der Waals surface area contributed by atoms with Gasteiger partial charge in [0.05, 0.1) is 5.56 Å². The van der Waals surface area contributed by atoms with Gasteiger partial charge in [0.25, 0.3) is 5.91 Å². The average Bonchev–Trinajstić information content (AvgIpc) is 2.72. The van der Waals surface area contributed by atoms with Gasteiger partial charge >= 0.3 is 5.97 Å². The third kappa shape index (κ3) is 5.41. The number of para-hydroxylation sites is 1. The smallest absolute Gasteiger partial charge is 0.303 e. The predicted molar refractivity (Wildman–Crippen MR) is 105 cm³/mol. The van der Waals surface area contributed by atoms with Crippen molar-refractivity contribution in [2.45, 2.75) is 19.4 Å². The lowest BCUT2D eigenvalue weighted by molar-refractivity contribution is -0.136. The number of rotatable bonds is 8. The first-order chi connectivity index (χ1) is 13.6. The number of aliphatic carboxylic acids is 1. The van der Waals surface area contributed by atoms with Gasteiger partial charge in [-0.05, 0) is 53.9 Å². The van der Waals surface area contributed by atoms with Crippen LogP contribution >= 0.6 is 0 Å². The summed E-state index contributed by atoms with van der Waals surface area (Å²) in [6, 6.07) is 17.9. The molecule has 0 radical (unpaired) electrons. The second kappa shape index (κ2) is 9.32. The first-order valence-corrected chi connectivity index (χ1v) is 8.84. The van der Waals surface area contributed by atoms with Gasteiger partial charge in [-0.1, -0.05) is 24.3 Å². The van der Waals surface area contributed by atoms with Crippen LogP contribution in [0.25, 0.3) is 0 Å². The molecule has 1 aromatic heterocycles. The van der Waals surface area contributed by atoms with Crippen molar-refractivity contribution in [2.75, 3.05) is 5.32 Å². The number of hydrogen-bond acceptors (Lipinski definition) is 4. The number of hydrogen-bond donors (Lipinski definition) is 2. The first-order valence-electron chi connectivity index (χ1n) is 8.84. The van der Waals surface area contributed by atoms with Crippen molar-refractivity contribution < 1.29 is 19.4 Å². The molecular formula is C22H20N2O4. The second-order valence-corrected chi connectivity index (χ2v) is 6.19. The molecule has 2 aromatic carbocycles. The Bertz CT molecular complexity index is 958. The molecule has 0 saturated heterocycles. The van der Waals surface area contributed by atoms with E-state index >= 15 is 0 Å². The Kier molecular flexibility index (Phi) is 6.36. The molecule has 0 saturated carbocycles. The largest absolute Gasteiger partial charge is 0.488 e. The highest BCUT2D eigenvalue weighted by Gasteiger charge is 2.13. The third-order valence-electron chi connectivity index (χ3n) is 4.09. The number of nitrogens with zero attached hydrogens (tertiary/aromatic N) is 1. The zero-order valence-electron chi connectivity index (χ0n) is 15.2. The number of pyridine rings is 1. The minimum absolute atomic E-state index is 0.0447. The summed E-state index contributed by atoms with van der Waals surface area (Å²) in [5.41, 5.74) is 2.84. The van der Waals surface area contributed by atoms with Gasteiger partial charge in [0.2, 0.25) is 0 Å². The second-order valence-electron chi connectivity index (χ2n) is 6.19. The van der Waals surface area contributed by atoms with Gasteiger partial charge in [-0.25, -0.2) is 0 Å². The summed E-state index contributed by atoms with van der Waals surface area (Å²) in [5, 5.41) is 11.7. The van der Waals surface area contributed by atoms with Crippen LogP contribution in [0.3, 0.4) is 0 Å². The summed E-state index contributed by atoms with van der Waals surface area (Å²) in [7, 11) is 0. The molecule has 3 rings (SSSR count). The van der Waals surface area contributed by atoms with E-state index in [-0.39, 0.29) is 12.3 Å². The molecule has 0 aliphatic carbocycles. The maximum absolute atomic E-state index is 12.7. The molecule has 6 heteroatoms. The van der Waals surface area contributed by atoms with Gasteiger partial charge < -0.3 is 15.2 Å². The monoisotopic (exact) mass is 376 g/mol. The summed E-state index contributed by atoms with van der Waals surface area (Å²) in [6.07, 6.45) is 3.83. The Morgan fingerprint density at radius 2 is 1.75 bits per heavy atom. The lowest BCUT2D eigenvalue weighted by Crippen LogP contribution is -2.14. The molecule has 0 bridgehead atoms. The number of ether oxygens (including phenoxy) is 1. The Balaban J connectivity index is 1.69. The number of carboxylic acids is 1. The van der Waals surface area contributed by atoms with Crippen LogP contribution in [0.4, 0.5) is 5.69 Å². The van der Waals surface area contributed by atoms with Crippen molar-refractivity contribution in [3.63, 3.8) is 0 Å². The van der Waals surface area contributed by atoms with Crippen LogP contribution < -0.4 is 10.1 Å². The number of carboxylic acid groups (broad SMARTS) is 1. The summed E-state index contributed by atoms with van der Waals surface area (Å²) in [5.74, 6) is -0.658. The first kappa shape index (κ1) is 19.1. The number of aromatic nitrogens is 1. The van der Waals surface area contributed by atoms with Gasteiger partial charge in [-0.3, -0.25) is 14.6 Å². The van der Waals surface area contributed by atoms with Crippen LogP contribution in [-0.2, 0) is 17.8 Å². The fourth-order valence-electron chi connectivity index (χ4n) is 2.67. The highest BCUT2D eigenvalue weighted by molar-refractivity contribution is 6.06. The molecule has 2 N–H and O–H groups in total. The number of benzene rings is 2. The molecule has 1 heterocycles. The number of nitrogens with one attached hydrogen (secondary N) is 1. The number of carbonyl (C=O) groups excluding carboxylic acids is 1. The molecule has 6 nitrogen and oxygen atoms in total. The summed E-state index contributed by atoms with van der Waals surface area (Å²) >= 11 is 0. The van der Waals surface area contributed by atoms with Crippen LogP contribution in [-0.4, -0.2) is 22.0 Å². The van der Waals surface area contributed by atoms with Crippen LogP contribution in [0, 0.1) is 0 Å². The van der Waals surface area contributed by atoms with E-state index in [0.29, 0.717) is 30.0 Å². The van der Waals surface area contributed by atoms with E-state index in [4.69, 9.17) is 9.84 Å². The van der Waals surface area contributed by atoms with Gasteiger partial charge in [-0.15, -0.1) is 0 Å². The molecule has 0 fully saturated rings. The fourth-order valence-corrected chi connectivity index (χ4v) is 2.67. The number of aryl methyl sites for hydroxylation is 1. The molecule has 3 aromatic rings. The Morgan fingerprint density at radius 1 is 0.964 bits per heavy atom. The van der Waals surface area contributed by atoms with Crippen molar-refractivity contribution in [1.82, 2.24) is 4.98 Å². The zero-order valence-corrected chi connectivity index (χ0v) is 15.2. The summed E-state index contributed by atoms with van der Waals surface area (Å²) in [4.78, 5) is 27.4. The van der Waals surface area contributed by atoms with E-state index in [1.807, 2.05) is 24.3 Å². The molecule has 0 unspecified atom stereocenters. The summed E-state index contributed by atoms with van der Waals surface area (Å²) < 4.78 is 5.82. The molecular weight excluding hydrogens is 356 g/mol. The van der Waals surface area contributed by atoms with E-state index in [2.05, 4.69) is 10.3 Å². The van der Waals surface area contributed by atoms with E-state index in [9.17, 15) is 9.59 Å². The maximum atomic E-state index is 12.7. The van der Waals surface area contributed by atoms with E-state index in [1.54, 1.807) is 48.8 Å². The number of anilines is 1. The lowest BCUT2D eigenvalue weighted by Gasteiger charge is -2.12. The SMILES string of the molecule is O=C(O)CCc1cccc(NC(=O)c2ccccc2OCc2ccncc2)c1. The van der Waals surface area contributed by atoms with Crippen LogP contribution in [0.1, 0.15) is 27.9 Å². The Hall–Kier alpha value is -3.67. The average molecular weight is 376 g/mol. The van der Waals surface area contributed by atoms with Crippen molar-refractivity contribution >= 4 is 17.6 Å². The fraction of sp³-hybridized carbons (Fsp3) is 0.136. The molecule has 0 aliphatic rings. The lowest BCUT2D eigenvalue weighted by atomic mass is 10.1. The summed E-state index contributed by atoms with van der Waals surface area (Å²) in [6.45, 7) is 0.331. The predicted octanol–water partition coefficient (Wildman–Crippen LogP) is 3.93. The Morgan fingerprint density at radius 3 is 2.54 bits per heavy atom. The quantitative estimate of drug-likeness (QED) is 0.622. The minimum atomic E-state index is -0.852. The van der Waals surface area contributed by atoms with Crippen LogP contribution in [0.5, 0.6) is 5.75 Å². The van der Waals surface area contributed by atoms with Gasteiger partial charge in [0.1, 0.15) is 12.4 Å². The number of amides is 1. The zero-order chi connectivity index (χ0) is 19.8. The molecule has 0 atom stereocenters. The molecule has 28 heavy (non-hydrogen) atoms. The van der Waals surface area contributed by atoms with Crippen molar-refractivity contribution in [1.29, 1.82) is 0 Å². The van der Waals surface area contributed by atoms with Crippen molar-refractivity contribution in [3.8, 4) is 5.75 Å². The minimum Gasteiger partial charge on any atom is -0.488 e. The standard InChI is InChI=1S/C22H20N2O4/c25-21(26)9-8-16-4-3-5-18(14-16)24-22(27)19-6-1-2-7-20(19)28-15-17-10-12-23-13-11-17/h1-7,10-14H,8-9,15H2,(H,24,27)(H,25,26). The van der Waals surface area contributed by atoms with Crippen LogP contribution in [0.15, 0.2) is 73.1 Å². The van der Waals surface area contributed by atoms with Crippen molar-refractivity contribution in [2.24, 2.45) is 0 Å². The van der Waals surface area contributed by atoms with Gasteiger partial charge in [0, 0.05) is 24.5 Å². The highest BCUT2D eigenvalue weighted by Crippen LogP contribution is 2.21. The maximum Gasteiger partial charge on any atom is 0.303 e. The molecule has 142 valence electrons. The molecule has 0 aliphatic heterocycles.